The van der Waals surface area contributed by atoms with Gasteiger partial charge < -0.3 is 10.4 Å². The van der Waals surface area contributed by atoms with Gasteiger partial charge in [-0.15, -0.1) is 0 Å². The molecule has 0 saturated heterocycles. The molecule has 1 aromatic heterocycles. The van der Waals surface area contributed by atoms with Crippen molar-refractivity contribution in [1.82, 2.24) is 14.8 Å². The Morgan fingerprint density at radius 3 is 2.90 bits per heavy atom. The Balaban J connectivity index is 2.00. The number of carboxylic acid groups (broad SMARTS) is 1. The number of hydrogen-bond donors (Lipinski definition) is 2. The Labute approximate surface area is 121 Å². The number of aryl methyl sites for hydroxylation is 1. The number of hydrogen-bond acceptors (Lipinski definition) is 4. The summed E-state index contributed by atoms with van der Waals surface area (Å²) in [5.41, 5.74) is 1.50. The second kappa shape index (κ2) is 6.65. The van der Waals surface area contributed by atoms with Crippen molar-refractivity contribution in [3.8, 4) is 0 Å². The summed E-state index contributed by atoms with van der Waals surface area (Å²) in [5, 5.41) is 15.4. The molecule has 110 valence electrons. The van der Waals surface area contributed by atoms with Crippen LogP contribution in [0.5, 0.6) is 0 Å². The molecule has 1 unspecified atom stereocenters. The van der Waals surface area contributed by atoms with E-state index in [4.69, 9.17) is 5.11 Å². The van der Waals surface area contributed by atoms with E-state index in [0.29, 0.717) is 12.1 Å². The Bertz CT molecular complexity index is 625. The highest BCUT2D eigenvalue weighted by molar-refractivity contribution is 5.93. The third-order valence-corrected chi connectivity index (χ3v) is 3.03. The topological polar surface area (TPSA) is 97.1 Å². The molecular formula is C14H16N4O3. The van der Waals surface area contributed by atoms with Crippen molar-refractivity contribution in [3.63, 3.8) is 0 Å². The van der Waals surface area contributed by atoms with Gasteiger partial charge in [-0.1, -0.05) is 12.1 Å². The van der Waals surface area contributed by atoms with Gasteiger partial charge >= 0.3 is 5.97 Å². The number of carbonyl (C=O) groups is 2. The Hall–Kier alpha value is -2.70. The molecule has 21 heavy (non-hydrogen) atoms. The molecule has 7 nitrogen and oxygen atoms in total. The van der Waals surface area contributed by atoms with Crippen molar-refractivity contribution in [2.24, 2.45) is 0 Å². The highest BCUT2D eigenvalue weighted by Crippen LogP contribution is 2.14. The van der Waals surface area contributed by atoms with Crippen LogP contribution in [0.25, 0.3) is 0 Å². The third kappa shape index (κ3) is 4.13. The van der Waals surface area contributed by atoms with Gasteiger partial charge in [0.25, 0.3) is 0 Å². The minimum absolute atomic E-state index is 0.0623. The van der Waals surface area contributed by atoms with Crippen LogP contribution in [0.2, 0.25) is 0 Å². The van der Waals surface area contributed by atoms with Crippen molar-refractivity contribution < 1.29 is 14.7 Å². The predicted octanol–water partition coefficient (Wildman–Crippen LogP) is 1.49. The number of benzene rings is 1. The standard InChI is InChI=1S/C14H16N4O3/c1-10(18-9-15-8-16-18)14(21)17-12-4-2-3-11(7-12)5-6-13(19)20/h2-4,7-10H,5-6H2,1H3,(H,17,21)(H,19,20). The molecule has 0 aliphatic heterocycles. The lowest BCUT2D eigenvalue weighted by Crippen LogP contribution is -2.24. The Morgan fingerprint density at radius 1 is 1.43 bits per heavy atom. The number of rotatable bonds is 6. The normalized spacial score (nSPS) is 11.9. The number of anilines is 1. The first-order valence-corrected chi connectivity index (χ1v) is 6.52. The number of nitrogens with one attached hydrogen (secondary N) is 1. The first-order valence-electron chi connectivity index (χ1n) is 6.52. The van der Waals surface area contributed by atoms with E-state index >= 15 is 0 Å². The van der Waals surface area contributed by atoms with Crippen LogP contribution in [-0.2, 0) is 16.0 Å². The summed E-state index contributed by atoms with van der Waals surface area (Å²) in [6.07, 6.45) is 3.34. The predicted molar refractivity (Wildman–Crippen MR) is 75.8 cm³/mol. The fourth-order valence-corrected chi connectivity index (χ4v) is 1.84. The highest BCUT2D eigenvalue weighted by Gasteiger charge is 2.15. The molecule has 0 aliphatic rings. The maximum absolute atomic E-state index is 12.1. The van der Waals surface area contributed by atoms with Crippen LogP contribution < -0.4 is 5.32 Å². The summed E-state index contributed by atoms with van der Waals surface area (Å²) in [6.45, 7) is 1.72. The molecule has 1 amide bonds. The van der Waals surface area contributed by atoms with E-state index in [1.807, 2.05) is 6.07 Å². The molecule has 2 aromatic rings. The number of amides is 1. The largest absolute Gasteiger partial charge is 0.481 e. The smallest absolute Gasteiger partial charge is 0.303 e. The van der Waals surface area contributed by atoms with E-state index in [0.717, 1.165) is 5.56 Å². The van der Waals surface area contributed by atoms with Gasteiger partial charge in [0.05, 0.1) is 0 Å². The summed E-state index contributed by atoms with van der Waals surface area (Å²) >= 11 is 0. The molecule has 1 atom stereocenters. The van der Waals surface area contributed by atoms with Gasteiger partial charge in [0.15, 0.2) is 0 Å². The molecule has 0 spiro atoms. The summed E-state index contributed by atoms with van der Waals surface area (Å²) in [6, 6.07) is 6.67. The first-order chi connectivity index (χ1) is 10.1. The first kappa shape index (κ1) is 14.7. The van der Waals surface area contributed by atoms with Gasteiger partial charge in [-0.2, -0.15) is 5.10 Å². The van der Waals surface area contributed by atoms with Crippen LogP contribution in [0, 0.1) is 0 Å². The van der Waals surface area contributed by atoms with Crippen molar-refractivity contribution in [2.45, 2.75) is 25.8 Å². The molecule has 2 rings (SSSR count). The molecule has 0 aliphatic carbocycles. The van der Waals surface area contributed by atoms with Gasteiger partial charge in [0.1, 0.15) is 18.7 Å². The summed E-state index contributed by atoms with van der Waals surface area (Å²) in [5.74, 6) is -1.06. The molecule has 0 radical (unpaired) electrons. The number of nitrogens with zero attached hydrogens (tertiary/aromatic N) is 3. The SMILES string of the molecule is CC(C(=O)Nc1cccc(CCC(=O)O)c1)n1cncn1. The number of aromatic nitrogens is 3. The lowest BCUT2D eigenvalue weighted by molar-refractivity contribution is -0.137. The van der Waals surface area contributed by atoms with Gasteiger partial charge in [-0.25, -0.2) is 9.67 Å². The van der Waals surface area contributed by atoms with Crippen molar-refractivity contribution in [3.05, 3.63) is 42.5 Å². The third-order valence-electron chi connectivity index (χ3n) is 3.03. The fraction of sp³-hybridized carbons (Fsp3) is 0.286. The van der Waals surface area contributed by atoms with E-state index in [1.165, 1.54) is 17.3 Å². The van der Waals surface area contributed by atoms with Crippen LogP contribution in [-0.4, -0.2) is 31.7 Å². The summed E-state index contributed by atoms with van der Waals surface area (Å²) in [4.78, 5) is 26.5. The zero-order valence-electron chi connectivity index (χ0n) is 11.6. The monoisotopic (exact) mass is 288 g/mol. The van der Waals surface area contributed by atoms with Gasteiger partial charge in [0.2, 0.25) is 5.91 Å². The lowest BCUT2D eigenvalue weighted by atomic mass is 10.1. The minimum Gasteiger partial charge on any atom is -0.481 e. The minimum atomic E-state index is -0.843. The van der Waals surface area contributed by atoms with Crippen LogP contribution >= 0.6 is 0 Å². The quantitative estimate of drug-likeness (QED) is 0.839. The maximum atomic E-state index is 12.1. The van der Waals surface area contributed by atoms with Gasteiger partial charge in [-0.05, 0) is 31.0 Å². The van der Waals surface area contributed by atoms with E-state index in [2.05, 4.69) is 15.4 Å². The second-order valence-electron chi connectivity index (χ2n) is 4.63. The van der Waals surface area contributed by atoms with E-state index in [9.17, 15) is 9.59 Å². The van der Waals surface area contributed by atoms with Gasteiger partial charge in [-0.3, -0.25) is 9.59 Å². The van der Waals surface area contributed by atoms with Crippen LogP contribution in [0.15, 0.2) is 36.9 Å². The zero-order chi connectivity index (χ0) is 15.2. The van der Waals surface area contributed by atoms with Crippen molar-refractivity contribution in [2.75, 3.05) is 5.32 Å². The second-order valence-corrected chi connectivity index (χ2v) is 4.63. The Kier molecular flexibility index (Phi) is 4.65. The average Bonchev–Trinajstić information content (AvgIpc) is 2.98. The Morgan fingerprint density at radius 2 is 2.24 bits per heavy atom. The summed E-state index contributed by atoms with van der Waals surface area (Å²) in [7, 11) is 0. The van der Waals surface area contributed by atoms with Crippen LogP contribution in [0.4, 0.5) is 5.69 Å². The molecule has 1 heterocycles. The number of carboxylic acids is 1. The molecule has 2 N–H and O–H groups in total. The molecule has 0 saturated carbocycles. The number of aliphatic carboxylic acids is 1. The van der Waals surface area contributed by atoms with E-state index < -0.39 is 12.0 Å². The van der Waals surface area contributed by atoms with Crippen molar-refractivity contribution in [1.29, 1.82) is 0 Å². The fourth-order valence-electron chi connectivity index (χ4n) is 1.84. The molecular weight excluding hydrogens is 272 g/mol. The van der Waals surface area contributed by atoms with E-state index in [1.54, 1.807) is 25.1 Å². The maximum Gasteiger partial charge on any atom is 0.303 e. The van der Waals surface area contributed by atoms with Crippen LogP contribution in [0.1, 0.15) is 24.9 Å². The lowest BCUT2D eigenvalue weighted by Gasteiger charge is -2.12. The molecule has 0 fully saturated rings. The van der Waals surface area contributed by atoms with E-state index in [-0.39, 0.29) is 12.3 Å². The highest BCUT2D eigenvalue weighted by atomic mass is 16.4. The average molecular weight is 288 g/mol. The van der Waals surface area contributed by atoms with Gasteiger partial charge in [0, 0.05) is 12.1 Å². The zero-order valence-corrected chi connectivity index (χ0v) is 11.6. The van der Waals surface area contributed by atoms with Crippen LogP contribution in [0.3, 0.4) is 0 Å². The number of carbonyl (C=O) groups excluding carboxylic acids is 1. The molecule has 1 aromatic carbocycles. The molecule has 0 bridgehead atoms. The summed E-state index contributed by atoms with van der Waals surface area (Å²) < 4.78 is 1.46. The molecule has 7 heteroatoms. The van der Waals surface area contributed by atoms with Crippen molar-refractivity contribution >= 4 is 17.6 Å².